The van der Waals surface area contributed by atoms with Crippen LogP contribution >= 0.6 is 0 Å². The van der Waals surface area contributed by atoms with Crippen LogP contribution in [0.3, 0.4) is 0 Å². The lowest BCUT2D eigenvalue weighted by Crippen LogP contribution is -2.00. The Morgan fingerprint density at radius 1 is 0.760 bits per heavy atom. The smallest absolute Gasteiger partial charge is 0.0770 e. The number of rotatable bonds is 5. The van der Waals surface area contributed by atoms with Gasteiger partial charge in [-0.1, -0.05) is 36.4 Å². The van der Waals surface area contributed by atoms with Gasteiger partial charge in [0, 0.05) is 11.9 Å². The van der Waals surface area contributed by atoms with E-state index >= 15 is 0 Å². The van der Waals surface area contributed by atoms with Crippen molar-refractivity contribution in [1.29, 1.82) is 0 Å². The average Bonchev–Trinajstić information content (AvgIpc) is 2.55. The SMILES string of the molecule is CC(C=NCC(C)=Nc1c(C)cccc1C)=Nc1c(C)cccc1C. The van der Waals surface area contributed by atoms with Crippen LogP contribution in [0, 0.1) is 27.7 Å². The molecule has 0 saturated heterocycles. The fourth-order valence-electron chi connectivity index (χ4n) is 2.71. The van der Waals surface area contributed by atoms with E-state index in [1.54, 1.807) is 0 Å². The summed E-state index contributed by atoms with van der Waals surface area (Å²) in [4.78, 5) is 13.9. The van der Waals surface area contributed by atoms with Gasteiger partial charge < -0.3 is 0 Å². The van der Waals surface area contributed by atoms with Crippen LogP contribution in [0.25, 0.3) is 0 Å². The molecule has 0 heterocycles. The third-order valence-electron chi connectivity index (χ3n) is 4.07. The van der Waals surface area contributed by atoms with Crippen molar-refractivity contribution in [3.63, 3.8) is 0 Å². The average molecular weight is 333 g/mol. The van der Waals surface area contributed by atoms with Gasteiger partial charge in [0.2, 0.25) is 0 Å². The molecule has 25 heavy (non-hydrogen) atoms. The highest BCUT2D eigenvalue weighted by molar-refractivity contribution is 6.30. The van der Waals surface area contributed by atoms with Gasteiger partial charge in [0.1, 0.15) is 0 Å². The van der Waals surface area contributed by atoms with Crippen molar-refractivity contribution in [2.75, 3.05) is 6.54 Å². The van der Waals surface area contributed by atoms with E-state index in [1.165, 1.54) is 22.3 Å². The minimum Gasteiger partial charge on any atom is -0.285 e. The zero-order valence-electron chi connectivity index (χ0n) is 16.1. The molecular weight excluding hydrogens is 306 g/mol. The van der Waals surface area contributed by atoms with E-state index in [0.29, 0.717) is 6.54 Å². The number of hydrogen-bond donors (Lipinski definition) is 0. The number of nitrogens with zero attached hydrogens (tertiary/aromatic N) is 3. The summed E-state index contributed by atoms with van der Waals surface area (Å²) in [6.45, 7) is 12.9. The Labute approximate surface area is 151 Å². The Hall–Kier alpha value is -2.55. The quantitative estimate of drug-likeness (QED) is 0.613. The monoisotopic (exact) mass is 333 g/mol. The maximum absolute atomic E-state index is 4.73. The zero-order chi connectivity index (χ0) is 18.4. The molecule has 2 aromatic rings. The Balaban J connectivity index is 2.10. The summed E-state index contributed by atoms with van der Waals surface area (Å²) in [5.74, 6) is 0. The number of aliphatic imine (C=N–C) groups is 3. The van der Waals surface area contributed by atoms with Crippen LogP contribution in [0.15, 0.2) is 51.4 Å². The van der Waals surface area contributed by atoms with Crippen LogP contribution in [-0.4, -0.2) is 24.2 Å². The van der Waals surface area contributed by atoms with Crippen LogP contribution in [0.5, 0.6) is 0 Å². The normalized spacial score (nSPS) is 12.9. The minimum absolute atomic E-state index is 0.577. The lowest BCUT2D eigenvalue weighted by molar-refractivity contribution is 1.25. The molecule has 0 saturated carbocycles. The third kappa shape index (κ3) is 5.21. The molecule has 0 spiro atoms. The Kier molecular flexibility index (Phi) is 6.40. The van der Waals surface area contributed by atoms with E-state index in [1.807, 2.05) is 20.1 Å². The van der Waals surface area contributed by atoms with Crippen molar-refractivity contribution in [2.24, 2.45) is 15.0 Å². The highest BCUT2D eigenvalue weighted by Crippen LogP contribution is 2.24. The Bertz CT molecular complexity index is 802. The third-order valence-corrected chi connectivity index (χ3v) is 4.07. The molecule has 0 N–H and O–H groups in total. The topological polar surface area (TPSA) is 37.1 Å². The minimum atomic E-state index is 0.577. The van der Waals surface area contributed by atoms with Gasteiger partial charge >= 0.3 is 0 Å². The van der Waals surface area contributed by atoms with Gasteiger partial charge in [0.25, 0.3) is 0 Å². The molecule has 0 aliphatic carbocycles. The first-order valence-electron chi connectivity index (χ1n) is 8.60. The molecule has 130 valence electrons. The Morgan fingerprint density at radius 3 is 1.68 bits per heavy atom. The molecule has 0 fully saturated rings. The summed E-state index contributed by atoms with van der Waals surface area (Å²) in [6.07, 6.45) is 1.83. The van der Waals surface area contributed by atoms with Gasteiger partial charge in [-0.15, -0.1) is 0 Å². The number of benzene rings is 2. The number of para-hydroxylation sites is 2. The summed E-state index contributed by atoms with van der Waals surface area (Å²) in [5, 5.41) is 0. The van der Waals surface area contributed by atoms with Crippen LogP contribution < -0.4 is 0 Å². The van der Waals surface area contributed by atoms with Crippen molar-refractivity contribution >= 4 is 29.0 Å². The number of aryl methyl sites for hydroxylation is 4. The van der Waals surface area contributed by atoms with Crippen molar-refractivity contribution in [2.45, 2.75) is 41.5 Å². The van der Waals surface area contributed by atoms with Crippen LogP contribution in [0.4, 0.5) is 11.4 Å². The van der Waals surface area contributed by atoms with Gasteiger partial charge in [-0.05, 0) is 63.8 Å². The molecule has 0 aliphatic heterocycles. The van der Waals surface area contributed by atoms with Gasteiger partial charge in [-0.3, -0.25) is 15.0 Å². The second-order valence-electron chi connectivity index (χ2n) is 6.55. The fourth-order valence-corrected chi connectivity index (χ4v) is 2.71. The molecule has 3 heteroatoms. The molecule has 2 aromatic carbocycles. The van der Waals surface area contributed by atoms with Crippen molar-refractivity contribution in [3.8, 4) is 0 Å². The molecule has 0 aromatic heterocycles. The van der Waals surface area contributed by atoms with E-state index in [2.05, 4.69) is 69.1 Å². The van der Waals surface area contributed by atoms with Gasteiger partial charge in [-0.25, -0.2) is 0 Å². The maximum atomic E-state index is 4.73. The zero-order valence-corrected chi connectivity index (χ0v) is 16.1. The summed E-state index contributed by atoms with van der Waals surface area (Å²) in [6, 6.07) is 12.5. The first-order valence-corrected chi connectivity index (χ1v) is 8.60. The molecule has 3 nitrogen and oxygen atoms in total. The Morgan fingerprint density at radius 2 is 1.20 bits per heavy atom. The maximum Gasteiger partial charge on any atom is 0.0770 e. The van der Waals surface area contributed by atoms with Crippen LogP contribution in [0.2, 0.25) is 0 Å². The summed E-state index contributed by atoms with van der Waals surface area (Å²) >= 11 is 0. The van der Waals surface area contributed by atoms with E-state index in [0.717, 1.165) is 22.8 Å². The predicted molar refractivity (Wildman–Crippen MR) is 111 cm³/mol. The second kappa shape index (κ2) is 8.52. The first-order chi connectivity index (χ1) is 11.9. The van der Waals surface area contributed by atoms with E-state index < -0.39 is 0 Å². The highest BCUT2D eigenvalue weighted by atomic mass is 14.8. The van der Waals surface area contributed by atoms with Gasteiger partial charge in [-0.2, -0.15) is 0 Å². The molecule has 0 radical (unpaired) electrons. The molecule has 0 bridgehead atoms. The molecular formula is C22H27N3. The van der Waals surface area contributed by atoms with Crippen molar-refractivity contribution in [1.82, 2.24) is 0 Å². The number of hydrogen-bond acceptors (Lipinski definition) is 3. The predicted octanol–water partition coefficient (Wildman–Crippen LogP) is 5.88. The highest BCUT2D eigenvalue weighted by Gasteiger charge is 2.01. The molecule has 0 unspecified atom stereocenters. The van der Waals surface area contributed by atoms with Gasteiger partial charge in [0.15, 0.2) is 0 Å². The van der Waals surface area contributed by atoms with E-state index in [9.17, 15) is 0 Å². The van der Waals surface area contributed by atoms with Crippen molar-refractivity contribution in [3.05, 3.63) is 58.7 Å². The molecule has 0 amide bonds. The van der Waals surface area contributed by atoms with Crippen LogP contribution in [0.1, 0.15) is 36.1 Å². The molecule has 0 aliphatic rings. The first kappa shape index (κ1) is 18.8. The lowest BCUT2D eigenvalue weighted by Gasteiger charge is -2.06. The van der Waals surface area contributed by atoms with E-state index in [-0.39, 0.29) is 0 Å². The standard InChI is InChI=1S/C22H27N3/c1-15-9-7-10-16(2)21(15)24-19(5)13-23-14-20(6)25-22-17(3)11-8-12-18(22)4/h7-13H,14H2,1-6H3. The van der Waals surface area contributed by atoms with E-state index in [4.69, 9.17) is 9.98 Å². The second-order valence-corrected chi connectivity index (χ2v) is 6.55. The van der Waals surface area contributed by atoms with Gasteiger partial charge in [0.05, 0.1) is 23.6 Å². The summed E-state index contributed by atoms with van der Waals surface area (Å²) < 4.78 is 0. The largest absolute Gasteiger partial charge is 0.285 e. The summed E-state index contributed by atoms with van der Waals surface area (Å²) in [5.41, 5.74) is 8.72. The molecule has 2 rings (SSSR count). The molecule has 0 atom stereocenters. The van der Waals surface area contributed by atoms with Crippen LogP contribution in [-0.2, 0) is 0 Å². The lowest BCUT2D eigenvalue weighted by atomic mass is 10.1. The fraction of sp³-hybridized carbons (Fsp3) is 0.318. The van der Waals surface area contributed by atoms with Crippen molar-refractivity contribution < 1.29 is 0 Å². The summed E-state index contributed by atoms with van der Waals surface area (Å²) in [7, 11) is 0.